The van der Waals surface area contributed by atoms with E-state index in [1.165, 1.54) is 48.3 Å². The first kappa shape index (κ1) is 67.4. The highest BCUT2D eigenvalue weighted by Gasteiger charge is 2.50. The number of amides is 4. The molecule has 90 heavy (non-hydrogen) atoms. The van der Waals surface area contributed by atoms with Crippen LogP contribution in [0.1, 0.15) is 117 Å². The summed E-state index contributed by atoms with van der Waals surface area (Å²) in [5.74, 6) is -0.544. The van der Waals surface area contributed by atoms with E-state index in [0.29, 0.717) is 52.0 Å². The van der Waals surface area contributed by atoms with Crippen LogP contribution in [-0.2, 0) is 42.4 Å². The van der Waals surface area contributed by atoms with Crippen molar-refractivity contribution in [3.63, 3.8) is 0 Å². The summed E-state index contributed by atoms with van der Waals surface area (Å²) in [4.78, 5) is 75.3. The molecule has 10 rings (SSSR count). The largest absolute Gasteiger partial charge is 0.504 e. The number of ether oxygens (including phenoxy) is 10. The Balaban J connectivity index is 0.000000227. The number of phenols is 1. The third-order valence-corrected chi connectivity index (χ3v) is 23.0. The van der Waals surface area contributed by atoms with Crippen molar-refractivity contribution >= 4 is 83.5 Å². The number of esters is 1. The molecule has 4 aromatic rings. The molecule has 486 valence electrons. The molecule has 2 saturated heterocycles. The number of rotatable bonds is 20. The summed E-state index contributed by atoms with van der Waals surface area (Å²) >= 11 is 3.19. The van der Waals surface area contributed by atoms with Gasteiger partial charge in [-0.15, -0.1) is 0 Å². The molecule has 6 aliphatic heterocycles. The second kappa shape index (κ2) is 30.4. The van der Waals surface area contributed by atoms with Gasteiger partial charge < -0.3 is 66.7 Å². The van der Waals surface area contributed by atoms with Crippen molar-refractivity contribution in [2.45, 2.75) is 147 Å². The lowest BCUT2D eigenvalue weighted by Gasteiger charge is -2.42. The summed E-state index contributed by atoms with van der Waals surface area (Å²) in [6.45, 7) is 21.6. The first-order valence-corrected chi connectivity index (χ1v) is 35.4. The van der Waals surface area contributed by atoms with Crippen LogP contribution >= 0.6 is 22.7 Å². The molecule has 6 aliphatic rings. The van der Waals surface area contributed by atoms with Crippen molar-refractivity contribution in [3.05, 3.63) is 118 Å². The van der Waals surface area contributed by atoms with E-state index in [2.05, 4.69) is 63.9 Å². The number of phenolic OH excluding ortho intramolecular Hbond substituents is 1. The molecule has 4 amide bonds. The smallest absolute Gasteiger partial charge is 0.416 e. The lowest BCUT2D eigenvalue weighted by atomic mass is 9.94. The third-order valence-electron chi connectivity index (χ3n) is 17.1. The van der Waals surface area contributed by atoms with Crippen molar-refractivity contribution in [3.8, 4) is 23.0 Å². The highest BCUT2D eigenvalue weighted by Crippen LogP contribution is 2.46. The molecule has 1 N–H and O–H groups in total. The highest BCUT2D eigenvalue weighted by molar-refractivity contribution is 7.08. The average Bonchev–Trinajstić information content (AvgIpc) is 1.61. The van der Waals surface area contributed by atoms with Crippen LogP contribution in [-0.4, -0.2) is 163 Å². The number of thiophene rings is 2. The van der Waals surface area contributed by atoms with Gasteiger partial charge >= 0.3 is 18.2 Å². The van der Waals surface area contributed by atoms with Gasteiger partial charge in [-0.05, 0) is 144 Å². The van der Waals surface area contributed by atoms with Crippen LogP contribution in [0.2, 0.25) is 18.1 Å². The summed E-state index contributed by atoms with van der Waals surface area (Å²) in [5.41, 5.74) is 5.11. The van der Waals surface area contributed by atoms with Gasteiger partial charge in [0, 0.05) is 38.4 Å². The Hall–Kier alpha value is -7.03. The minimum atomic E-state index is -2.35. The van der Waals surface area contributed by atoms with Crippen LogP contribution in [0.4, 0.5) is 21.0 Å². The standard InChI is InChI=1S/C39H54N2O10SSi.C27H30N2O7S/c1-9-17-48-38(44)41-30-23-33(49-24-28(21-34(42)46-10-2)51-53(7,8)39(3,4)5)32(45-6)22-29(30)36(43)40-16-14-26(27-15-19-52-25-27)20-31(40)37(41)50-35-13-11-12-18-47-35;1-3-10-35-27(32)29-20-15-22(30)23(33-2)14-19(20)25(31)28-9-7-17(18-8-12-37-16-18)13-21(28)26(29)36-24-6-4-5-11-34-24/h9,14-15,19,22-23,25,28,31,35,37H,1,10-13,16-18,20-21,24H2,2-8H3;3,7-8,12,14-16,21,24,26,30H,1,4-6,9-11,13H2,2H3/t28-,31-,35?,37?;21-,24?,26?/m00/s1. The number of benzene rings is 2. The Labute approximate surface area is 535 Å². The molecule has 8 heterocycles. The van der Waals surface area contributed by atoms with Crippen molar-refractivity contribution in [1.82, 2.24) is 9.80 Å². The van der Waals surface area contributed by atoms with Crippen LogP contribution in [0.3, 0.4) is 0 Å². The molecule has 2 aromatic heterocycles. The lowest BCUT2D eigenvalue weighted by Crippen LogP contribution is -2.57. The number of hydrogen-bond donors (Lipinski definition) is 1. The molecular formula is C66H84N4O17S2Si. The second-order valence-electron chi connectivity index (χ2n) is 23.9. The van der Waals surface area contributed by atoms with Gasteiger partial charge in [0.25, 0.3) is 11.8 Å². The molecule has 4 unspecified atom stereocenters. The summed E-state index contributed by atoms with van der Waals surface area (Å²) in [6, 6.07) is 8.98. The quantitative estimate of drug-likeness (QED) is 0.0376. The molecule has 21 nitrogen and oxygen atoms in total. The Morgan fingerprint density at radius 1 is 0.722 bits per heavy atom. The van der Waals surface area contributed by atoms with Gasteiger partial charge in [0.05, 0.1) is 67.9 Å². The van der Waals surface area contributed by atoms with Gasteiger partial charge in [0.1, 0.15) is 19.8 Å². The predicted molar refractivity (Wildman–Crippen MR) is 345 cm³/mol. The number of aromatic hydroxyl groups is 1. The molecule has 7 atom stereocenters. The zero-order valence-electron chi connectivity index (χ0n) is 52.6. The number of nitrogens with zero attached hydrogens (tertiary/aromatic N) is 4. The van der Waals surface area contributed by atoms with Gasteiger partial charge in [-0.3, -0.25) is 14.4 Å². The van der Waals surface area contributed by atoms with Crippen LogP contribution in [0, 0.1) is 0 Å². The number of anilines is 2. The van der Waals surface area contributed by atoms with Gasteiger partial charge in [-0.25, -0.2) is 19.4 Å². The van der Waals surface area contributed by atoms with E-state index >= 15 is 0 Å². The maximum Gasteiger partial charge on any atom is 0.416 e. The summed E-state index contributed by atoms with van der Waals surface area (Å²) < 4.78 is 65.7. The number of carbonyl (C=O) groups excluding carboxylic acids is 5. The summed E-state index contributed by atoms with van der Waals surface area (Å²) in [6.07, 6.45) is 7.79. The van der Waals surface area contributed by atoms with Crippen molar-refractivity contribution in [2.75, 3.05) is 76.8 Å². The average molecular weight is 1300 g/mol. The Bertz CT molecular complexity index is 3240. The van der Waals surface area contributed by atoms with E-state index in [4.69, 9.17) is 51.8 Å². The van der Waals surface area contributed by atoms with Gasteiger partial charge in [0.2, 0.25) is 0 Å². The first-order valence-electron chi connectivity index (χ1n) is 30.6. The van der Waals surface area contributed by atoms with E-state index in [0.717, 1.165) is 48.0 Å². The number of methoxy groups -OCH3 is 2. The number of fused-ring (bicyclic) bond motifs is 4. The zero-order chi connectivity index (χ0) is 64.3. The molecule has 2 aromatic carbocycles. The number of hydrogen-bond acceptors (Lipinski definition) is 19. The minimum absolute atomic E-state index is 0.0144. The summed E-state index contributed by atoms with van der Waals surface area (Å²) in [5, 5.41) is 18.7. The second-order valence-corrected chi connectivity index (χ2v) is 30.3. The Morgan fingerprint density at radius 2 is 1.22 bits per heavy atom. The van der Waals surface area contributed by atoms with E-state index in [-0.39, 0.29) is 95.2 Å². The zero-order valence-corrected chi connectivity index (χ0v) is 55.3. The Morgan fingerprint density at radius 3 is 1.66 bits per heavy atom. The van der Waals surface area contributed by atoms with Crippen molar-refractivity contribution in [1.29, 1.82) is 0 Å². The number of carbonyl (C=O) groups is 5. The van der Waals surface area contributed by atoms with Crippen LogP contribution < -0.4 is 24.0 Å². The van der Waals surface area contributed by atoms with Crippen molar-refractivity contribution < 1.29 is 80.9 Å². The predicted octanol–water partition coefficient (Wildman–Crippen LogP) is 12.6. The van der Waals surface area contributed by atoms with Gasteiger partial charge in [-0.2, -0.15) is 22.7 Å². The van der Waals surface area contributed by atoms with Gasteiger partial charge in [-0.1, -0.05) is 58.2 Å². The molecule has 0 bridgehead atoms. The molecule has 0 spiro atoms. The normalized spacial score (nSPS) is 22.0. The van der Waals surface area contributed by atoms with E-state index in [1.807, 2.05) is 29.0 Å². The topological polar surface area (TPSA) is 220 Å². The maximum atomic E-state index is 14.6. The Kier molecular flexibility index (Phi) is 22.7. The fourth-order valence-corrected chi connectivity index (χ4v) is 14.1. The minimum Gasteiger partial charge on any atom is -0.504 e. The van der Waals surface area contributed by atoms with Crippen LogP contribution in [0.5, 0.6) is 23.0 Å². The first-order chi connectivity index (χ1) is 43.3. The molecule has 24 heteroatoms. The summed E-state index contributed by atoms with van der Waals surface area (Å²) in [7, 11) is 0.544. The molecule has 0 saturated carbocycles. The SMILES string of the molecule is C=CCOC(=O)N1c2cc(O)c(OC)cc2C(=O)N2CC=C(c3ccsc3)C[C@H]2C1OC1CCCCO1.C=CCOC(=O)N1c2cc(OC[C@H](CC(=O)OCC)O[Si](C)(C)C(C)(C)C)c(OC)cc2C(=O)N2CC=C(c3ccsc3)C[C@H]2C1OC1CCCCO1. The third kappa shape index (κ3) is 15.5. The monoisotopic (exact) mass is 1300 g/mol. The van der Waals surface area contributed by atoms with Crippen LogP contribution in [0.25, 0.3) is 11.1 Å². The molecular weight excluding hydrogens is 1210 g/mol. The van der Waals surface area contributed by atoms with Crippen molar-refractivity contribution in [2.24, 2.45) is 0 Å². The highest BCUT2D eigenvalue weighted by atomic mass is 32.1. The van der Waals surface area contributed by atoms with Crippen LogP contribution in [0.15, 0.2) is 95.4 Å². The fourth-order valence-electron chi connectivity index (χ4n) is 11.5. The van der Waals surface area contributed by atoms with E-state index in [1.54, 1.807) is 51.5 Å². The molecule has 0 aliphatic carbocycles. The van der Waals surface area contributed by atoms with Gasteiger partial charge in [0.15, 0.2) is 56.4 Å². The van der Waals surface area contributed by atoms with E-state index < -0.39 is 69.7 Å². The van der Waals surface area contributed by atoms with E-state index in [9.17, 15) is 29.1 Å². The maximum absolute atomic E-state index is 14.6. The fraction of sp³-hybridized carbons (Fsp3) is 0.500. The molecule has 0 radical (unpaired) electrons. The lowest BCUT2D eigenvalue weighted by molar-refractivity contribution is -0.197. The molecule has 2 fully saturated rings.